The van der Waals surface area contributed by atoms with Crippen molar-refractivity contribution < 1.29 is 25.2 Å². The van der Waals surface area contributed by atoms with E-state index in [9.17, 15) is 0 Å². The van der Waals surface area contributed by atoms with Gasteiger partial charge >= 0.3 is 0 Å². The third-order valence-electron chi connectivity index (χ3n) is 1.23. The molecule has 0 aliphatic carbocycles. The maximum Gasteiger partial charge on any atom is 0.192 e. The smallest absolute Gasteiger partial charge is 0.192 e. The molecule has 5 heteroatoms. The molecule has 5 nitrogen and oxygen atoms in total. The summed E-state index contributed by atoms with van der Waals surface area (Å²) in [6.07, 6.45) is -0.500. The minimum atomic E-state index is -2.11. The van der Waals surface area contributed by atoms with Crippen LogP contribution in [0.15, 0.2) is 0 Å². The van der Waals surface area contributed by atoms with Crippen LogP contribution < -0.4 is 0 Å². The van der Waals surface area contributed by atoms with Crippen LogP contribution in [-0.2, 0) is 4.74 Å². The van der Waals surface area contributed by atoms with Gasteiger partial charge in [0.2, 0.25) is 0 Å². The molecule has 1 saturated heterocycles. The van der Waals surface area contributed by atoms with Gasteiger partial charge in [-0.05, 0) is 0 Å². The molecule has 1 aliphatic rings. The monoisotopic (exact) mass is 150 g/mol. The first kappa shape index (κ1) is 7.90. The van der Waals surface area contributed by atoms with E-state index in [1.54, 1.807) is 0 Å². The SMILES string of the molecule is OC1(O)COCC(O)(O)C1. The van der Waals surface area contributed by atoms with E-state index in [0.717, 1.165) is 0 Å². The van der Waals surface area contributed by atoms with E-state index in [-0.39, 0.29) is 13.2 Å². The number of hydrogen-bond donors (Lipinski definition) is 4. The molecule has 0 unspecified atom stereocenters. The van der Waals surface area contributed by atoms with Gasteiger partial charge < -0.3 is 25.2 Å². The average molecular weight is 150 g/mol. The predicted molar refractivity (Wildman–Crippen MR) is 29.8 cm³/mol. The summed E-state index contributed by atoms with van der Waals surface area (Å²) < 4.78 is 4.50. The molecule has 0 saturated carbocycles. The van der Waals surface area contributed by atoms with Gasteiger partial charge in [-0.3, -0.25) is 0 Å². The zero-order valence-corrected chi connectivity index (χ0v) is 5.32. The van der Waals surface area contributed by atoms with Gasteiger partial charge in [0.15, 0.2) is 11.6 Å². The lowest BCUT2D eigenvalue weighted by molar-refractivity contribution is -0.322. The van der Waals surface area contributed by atoms with Crippen molar-refractivity contribution in [3.05, 3.63) is 0 Å². The van der Waals surface area contributed by atoms with Crippen LogP contribution in [0.4, 0.5) is 0 Å². The first-order valence-corrected chi connectivity index (χ1v) is 2.89. The topological polar surface area (TPSA) is 90.2 Å². The maximum atomic E-state index is 8.82. The summed E-state index contributed by atoms with van der Waals surface area (Å²) in [5, 5.41) is 35.3. The number of rotatable bonds is 0. The molecule has 60 valence electrons. The van der Waals surface area contributed by atoms with Gasteiger partial charge in [0.25, 0.3) is 0 Å². The highest BCUT2D eigenvalue weighted by atomic mass is 16.6. The first-order chi connectivity index (χ1) is 4.41. The number of ether oxygens (including phenoxy) is 1. The molecule has 0 amide bonds. The Morgan fingerprint density at radius 3 is 1.50 bits per heavy atom. The maximum absolute atomic E-state index is 8.82. The third-order valence-corrected chi connectivity index (χ3v) is 1.23. The highest BCUT2D eigenvalue weighted by Crippen LogP contribution is 2.22. The Morgan fingerprint density at radius 2 is 1.30 bits per heavy atom. The standard InChI is InChI=1S/C5H10O5/c6-4(7)1-5(8,9)3-10-2-4/h6-9H,1-3H2. The fourth-order valence-corrected chi connectivity index (χ4v) is 0.933. The van der Waals surface area contributed by atoms with Crippen LogP contribution in [0.3, 0.4) is 0 Å². The molecule has 1 heterocycles. The summed E-state index contributed by atoms with van der Waals surface area (Å²) >= 11 is 0. The summed E-state index contributed by atoms with van der Waals surface area (Å²) in [6, 6.07) is 0. The Morgan fingerprint density at radius 1 is 0.900 bits per heavy atom. The molecule has 4 N–H and O–H groups in total. The summed E-state index contributed by atoms with van der Waals surface area (Å²) in [4.78, 5) is 0. The Kier molecular flexibility index (Phi) is 1.69. The van der Waals surface area contributed by atoms with E-state index in [1.165, 1.54) is 0 Å². The van der Waals surface area contributed by atoms with E-state index in [2.05, 4.69) is 4.74 Å². The van der Waals surface area contributed by atoms with E-state index < -0.39 is 18.0 Å². The van der Waals surface area contributed by atoms with Crippen LogP contribution in [-0.4, -0.2) is 45.2 Å². The average Bonchev–Trinajstić information content (AvgIpc) is 1.56. The summed E-state index contributed by atoms with van der Waals surface area (Å²) in [6.45, 7) is -0.564. The quantitative estimate of drug-likeness (QED) is 0.293. The van der Waals surface area contributed by atoms with Gasteiger partial charge in [-0.25, -0.2) is 0 Å². The van der Waals surface area contributed by atoms with Crippen LogP contribution in [0, 0.1) is 0 Å². The van der Waals surface area contributed by atoms with Crippen molar-refractivity contribution in [2.75, 3.05) is 13.2 Å². The minimum absolute atomic E-state index is 0.282. The Balaban J connectivity index is 2.56. The zero-order chi connectivity index (χ0) is 7.83. The molecule has 10 heavy (non-hydrogen) atoms. The lowest BCUT2D eigenvalue weighted by Gasteiger charge is -2.34. The van der Waals surface area contributed by atoms with Crippen molar-refractivity contribution in [2.45, 2.75) is 18.0 Å². The molecule has 0 aromatic rings. The Hall–Kier alpha value is -0.200. The lowest BCUT2D eigenvalue weighted by Crippen LogP contribution is -2.52. The normalized spacial score (nSPS) is 30.0. The summed E-state index contributed by atoms with van der Waals surface area (Å²) in [5.41, 5.74) is 0. The van der Waals surface area contributed by atoms with Gasteiger partial charge in [0.05, 0.1) is 6.42 Å². The molecule has 0 bridgehead atoms. The van der Waals surface area contributed by atoms with Crippen LogP contribution in [0.5, 0.6) is 0 Å². The third kappa shape index (κ3) is 1.89. The molecule has 1 aliphatic heterocycles. The molecule has 0 atom stereocenters. The van der Waals surface area contributed by atoms with Gasteiger partial charge in [0, 0.05) is 0 Å². The fourth-order valence-electron chi connectivity index (χ4n) is 0.933. The molecular formula is C5H10O5. The van der Waals surface area contributed by atoms with Crippen molar-refractivity contribution in [1.29, 1.82) is 0 Å². The molecule has 0 radical (unpaired) electrons. The summed E-state index contributed by atoms with van der Waals surface area (Å²) in [5.74, 6) is -4.22. The van der Waals surface area contributed by atoms with Crippen LogP contribution >= 0.6 is 0 Å². The number of hydrogen-bond acceptors (Lipinski definition) is 5. The van der Waals surface area contributed by atoms with Crippen molar-refractivity contribution in [3.8, 4) is 0 Å². The molecule has 1 rings (SSSR count). The lowest BCUT2D eigenvalue weighted by atomic mass is 10.0. The van der Waals surface area contributed by atoms with Gasteiger partial charge in [0.1, 0.15) is 13.2 Å². The van der Waals surface area contributed by atoms with E-state index in [1.807, 2.05) is 0 Å². The minimum Gasteiger partial charge on any atom is -0.370 e. The first-order valence-electron chi connectivity index (χ1n) is 2.89. The van der Waals surface area contributed by atoms with Crippen molar-refractivity contribution >= 4 is 0 Å². The molecule has 0 spiro atoms. The molecule has 0 aromatic heterocycles. The highest BCUT2D eigenvalue weighted by molar-refractivity contribution is 4.79. The van der Waals surface area contributed by atoms with Crippen LogP contribution in [0.1, 0.15) is 6.42 Å². The molecular weight excluding hydrogens is 140 g/mol. The fraction of sp³-hybridized carbons (Fsp3) is 1.00. The largest absolute Gasteiger partial charge is 0.370 e. The second kappa shape index (κ2) is 2.14. The molecule has 0 aromatic carbocycles. The second-order valence-electron chi connectivity index (χ2n) is 2.63. The Bertz CT molecular complexity index is 116. The second-order valence-corrected chi connectivity index (χ2v) is 2.63. The van der Waals surface area contributed by atoms with Gasteiger partial charge in [-0.15, -0.1) is 0 Å². The van der Waals surface area contributed by atoms with Crippen molar-refractivity contribution in [1.82, 2.24) is 0 Å². The van der Waals surface area contributed by atoms with Gasteiger partial charge in [-0.2, -0.15) is 0 Å². The predicted octanol–water partition coefficient (Wildman–Crippen LogP) is -2.23. The van der Waals surface area contributed by atoms with E-state index in [4.69, 9.17) is 20.4 Å². The highest BCUT2D eigenvalue weighted by Gasteiger charge is 2.41. The van der Waals surface area contributed by atoms with E-state index >= 15 is 0 Å². The van der Waals surface area contributed by atoms with Crippen molar-refractivity contribution in [2.24, 2.45) is 0 Å². The van der Waals surface area contributed by atoms with Crippen LogP contribution in [0.2, 0.25) is 0 Å². The van der Waals surface area contributed by atoms with E-state index in [0.29, 0.717) is 0 Å². The van der Waals surface area contributed by atoms with Crippen LogP contribution in [0.25, 0.3) is 0 Å². The van der Waals surface area contributed by atoms with Gasteiger partial charge in [-0.1, -0.05) is 0 Å². The summed E-state index contributed by atoms with van der Waals surface area (Å²) in [7, 11) is 0. The Labute approximate surface area is 57.5 Å². The zero-order valence-electron chi connectivity index (χ0n) is 5.32. The van der Waals surface area contributed by atoms with Crippen molar-refractivity contribution in [3.63, 3.8) is 0 Å². The molecule has 1 fully saturated rings. The number of aliphatic hydroxyl groups is 4.